The van der Waals surface area contributed by atoms with Gasteiger partial charge in [-0.3, -0.25) is 0 Å². The van der Waals surface area contributed by atoms with Gasteiger partial charge < -0.3 is 10.0 Å². The molecule has 1 amide bonds. The van der Waals surface area contributed by atoms with Crippen molar-refractivity contribution in [1.29, 1.82) is 0 Å². The van der Waals surface area contributed by atoms with Crippen molar-refractivity contribution >= 4 is 17.7 Å². The van der Waals surface area contributed by atoms with Crippen LogP contribution in [0.1, 0.15) is 27.2 Å². The molecule has 0 aliphatic heterocycles. The highest BCUT2D eigenvalue weighted by molar-refractivity contribution is 6.17. The zero-order valence-electron chi connectivity index (χ0n) is 7.80. The predicted octanol–water partition coefficient (Wildman–Crippen LogP) is 2.39. The van der Waals surface area contributed by atoms with Crippen molar-refractivity contribution in [3.63, 3.8) is 0 Å². The summed E-state index contributed by atoms with van der Waals surface area (Å²) in [5.74, 6) is 0.483. The number of alkyl halides is 1. The van der Waals surface area contributed by atoms with Crippen molar-refractivity contribution in [2.75, 3.05) is 12.4 Å². The van der Waals surface area contributed by atoms with Crippen LogP contribution < -0.4 is 0 Å². The number of nitrogens with zero attached hydrogens (tertiary/aromatic N) is 1. The van der Waals surface area contributed by atoms with Gasteiger partial charge in [-0.05, 0) is 27.2 Å². The molecular weight excluding hydrogens is 178 g/mol. The van der Waals surface area contributed by atoms with Crippen LogP contribution in [0.15, 0.2) is 0 Å². The minimum atomic E-state index is -0.882. The average Bonchev–Trinajstić information content (AvgIpc) is 1.86. The molecule has 0 radical (unpaired) electrons. The van der Waals surface area contributed by atoms with E-state index in [0.717, 1.165) is 0 Å². The smallest absolute Gasteiger partial charge is 0.407 e. The van der Waals surface area contributed by atoms with Gasteiger partial charge in [0.15, 0.2) is 0 Å². The van der Waals surface area contributed by atoms with E-state index >= 15 is 0 Å². The number of halogens is 1. The lowest BCUT2D eigenvalue weighted by Crippen LogP contribution is -2.47. The first-order chi connectivity index (χ1) is 5.45. The molecule has 72 valence electrons. The summed E-state index contributed by atoms with van der Waals surface area (Å²) in [6.45, 7) is 6.09. The Hall–Kier alpha value is -0.440. The average molecular weight is 194 g/mol. The maximum Gasteiger partial charge on any atom is 0.407 e. The van der Waals surface area contributed by atoms with E-state index in [4.69, 9.17) is 16.7 Å². The Bertz CT molecular complexity index is 159. The van der Waals surface area contributed by atoms with E-state index in [1.807, 2.05) is 20.8 Å². The van der Waals surface area contributed by atoms with Crippen molar-refractivity contribution in [3.05, 3.63) is 0 Å². The minimum absolute atomic E-state index is 0.359. The summed E-state index contributed by atoms with van der Waals surface area (Å²) < 4.78 is 0. The molecule has 0 aromatic heterocycles. The first-order valence-corrected chi connectivity index (χ1v) is 4.55. The fourth-order valence-corrected chi connectivity index (χ4v) is 1.65. The molecule has 0 fully saturated rings. The summed E-state index contributed by atoms with van der Waals surface area (Å²) >= 11 is 5.57. The predicted molar refractivity (Wildman–Crippen MR) is 49.8 cm³/mol. The van der Waals surface area contributed by atoms with Gasteiger partial charge in [-0.2, -0.15) is 0 Å². The Morgan fingerprint density at radius 1 is 1.58 bits per heavy atom. The number of hydrogen-bond acceptors (Lipinski definition) is 1. The van der Waals surface area contributed by atoms with Crippen molar-refractivity contribution in [2.45, 2.75) is 32.7 Å². The molecule has 0 aromatic rings. The Balaban J connectivity index is 4.36. The van der Waals surface area contributed by atoms with Gasteiger partial charge in [-0.25, -0.2) is 4.79 Å². The lowest BCUT2D eigenvalue weighted by atomic mass is 10.00. The number of rotatable bonds is 4. The number of carbonyl (C=O) groups is 1. The van der Waals surface area contributed by atoms with E-state index in [0.29, 0.717) is 18.8 Å². The van der Waals surface area contributed by atoms with E-state index in [-0.39, 0.29) is 5.54 Å². The summed E-state index contributed by atoms with van der Waals surface area (Å²) in [7, 11) is 0. The molecule has 0 heterocycles. The van der Waals surface area contributed by atoms with Crippen molar-refractivity contribution in [2.24, 2.45) is 0 Å². The highest BCUT2D eigenvalue weighted by Gasteiger charge is 2.28. The van der Waals surface area contributed by atoms with Gasteiger partial charge in [0.05, 0.1) is 0 Å². The SMILES string of the molecule is CCN(C(=O)O)C(C)(C)CCCl. The van der Waals surface area contributed by atoms with Gasteiger partial charge in [-0.15, -0.1) is 11.6 Å². The van der Waals surface area contributed by atoms with Crippen LogP contribution in [-0.4, -0.2) is 34.1 Å². The number of carboxylic acid groups (broad SMARTS) is 1. The van der Waals surface area contributed by atoms with Crippen LogP contribution in [0, 0.1) is 0 Å². The maximum atomic E-state index is 10.7. The summed E-state index contributed by atoms with van der Waals surface area (Å²) in [5.41, 5.74) is -0.359. The van der Waals surface area contributed by atoms with Crippen molar-refractivity contribution in [3.8, 4) is 0 Å². The lowest BCUT2D eigenvalue weighted by Gasteiger charge is -2.35. The molecule has 3 nitrogen and oxygen atoms in total. The quantitative estimate of drug-likeness (QED) is 0.697. The van der Waals surface area contributed by atoms with Crippen molar-refractivity contribution < 1.29 is 9.90 Å². The Kier molecular flexibility index (Phi) is 4.39. The summed E-state index contributed by atoms with van der Waals surface area (Å²) in [6, 6.07) is 0. The van der Waals surface area contributed by atoms with Gasteiger partial charge in [0, 0.05) is 18.0 Å². The molecule has 0 bridgehead atoms. The second-order valence-corrected chi connectivity index (χ2v) is 3.66. The second kappa shape index (κ2) is 4.55. The highest BCUT2D eigenvalue weighted by atomic mass is 35.5. The van der Waals surface area contributed by atoms with Gasteiger partial charge >= 0.3 is 6.09 Å². The van der Waals surface area contributed by atoms with Crippen LogP contribution in [0.25, 0.3) is 0 Å². The molecule has 12 heavy (non-hydrogen) atoms. The van der Waals surface area contributed by atoms with Crippen molar-refractivity contribution in [1.82, 2.24) is 4.90 Å². The zero-order chi connectivity index (χ0) is 9.78. The summed E-state index contributed by atoms with van der Waals surface area (Å²) in [4.78, 5) is 12.1. The largest absolute Gasteiger partial charge is 0.465 e. The first kappa shape index (κ1) is 11.6. The summed E-state index contributed by atoms with van der Waals surface area (Å²) in [5, 5.41) is 8.82. The van der Waals surface area contributed by atoms with Crippen LogP contribution >= 0.6 is 11.6 Å². The van der Waals surface area contributed by atoms with Crippen LogP contribution in [0.3, 0.4) is 0 Å². The summed E-state index contributed by atoms with van der Waals surface area (Å²) in [6.07, 6.45) is -0.207. The molecule has 1 N–H and O–H groups in total. The van der Waals surface area contributed by atoms with E-state index in [1.165, 1.54) is 4.90 Å². The number of amides is 1. The molecule has 0 saturated heterocycles. The molecule has 0 aliphatic carbocycles. The Morgan fingerprint density at radius 3 is 2.33 bits per heavy atom. The second-order valence-electron chi connectivity index (χ2n) is 3.28. The molecule has 0 saturated carbocycles. The standard InChI is InChI=1S/C8H16ClNO2/c1-4-10(7(11)12)8(2,3)5-6-9/h4-6H2,1-3H3,(H,11,12). The third-order valence-electron chi connectivity index (χ3n) is 1.98. The molecule has 4 heteroatoms. The molecule has 0 unspecified atom stereocenters. The van der Waals surface area contributed by atoms with E-state index in [9.17, 15) is 4.79 Å². The van der Waals surface area contributed by atoms with Crippen LogP contribution in [0.4, 0.5) is 4.79 Å². The molecule has 0 aliphatic rings. The monoisotopic (exact) mass is 193 g/mol. The normalized spacial score (nSPS) is 11.3. The van der Waals surface area contributed by atoms with Gasteiger partial charge in [0.25, 0.3) is 0 Å². The zero-order valence-corrected chi connectivity index (χ0v) is 8.56. The van der Waals surface area contributed by atoms with Crippen LogP contribution in [0.5, 0.6) is 0 Å². The molecule has 0 aromatic carbocycles. The fraction of sp³-hybridized carbons (Fsp3) is 0.875. The lowest BCUT2D eigenvalue weighted by molar-refractivity contribution is 0.0945. The van der Waals surface area contributed by atoms with E-state index in [2.05, 4.69) is 0 Å². The fourth-order valence-electron chi connectivity index (χ4n) is 1.19. The molecule has 0 rings (SSSR count). The van der Waals surface area contributed by atoms with Gasteiger partial charge in [-0.1, -0.05) is 0 Å². The van der Waals surface area contributed by atoms with Gasteiger partial charge in [0.2, 0.25) is 0 Å². The topological polar surface area (TPSA) is 40.5 Å². The Labute approximate surface area is 78.3 Å². The van der Waals surface area contributed by atoms with E-state index < -0.39 is 6.09 Å². The molecule has 0 atom stereocenters. The third kappa shape index (κ3) is 2.89. The minimum Gasteiger partial charge on any atom is -0.465 e. The van der Waals surface area contributed by atoms with E-state index in [1.54, 1.807) is 0 Å². The maximum absolute atomic E-state index is 10.7. The molecular formula is C8H16ClNO2. The van der Waals surface area contributed by atoms with Gasteiger partial charge in [0.1, 0.15) is 0 Å². The number of hydrogen-bond donors (Lipinski definition) is 1. The highest BCUT2D eigenvalue weighted by Crippen LogP contribution is 2.19. The first-order valence-electron chi connectivity index (χ1n) is 4.02. The Morgan fingerprint density at radius 2 is 2.08 bits per heavy atom. The third-order valence-corrected chi connectivity index (χ3v) is 2.17. The van der Waals surface area contributed by atoms with Crippen LogP contribution in [-0.2, 0) is 0 Å². The van der Waals surface area contributed by atoms with Crippen LogP contribution in [0.2, 0.25) is 0 Å². The molecule has 0 spiro atoms.